The molecule has 0 spiro atoms. The second kappa shape index (κ2) is 6.08. The van der Waals surface area contributed by atoms with E-state index in [0.29, 0.717) is 6.61 Å². The summed E-state index contributed by atoms with van der Waals surface area (Å²) in [5, 5.41) is 9.87. The minimum Gasteiger partial charge on any atom is -0.493 e. The van der Waals surface area contributed by atoms with Crippen LogP contribution < -0.4 is 4.74 Å². The first kappa shape index (κ1) is 14.4. The van der Waals surface area contributed by atoms with Gasteiger partial charge in [0.15, 0.2) is 0 Å². The maximum Gasteiger partial charge on any atom is 0.309 e. The molecule has 1 atom stereocenters. The summed E-state index contributed by atoms with van der Waals surface area (Å²) in [6, 6.07) is 8.07. The molecule has 1 heterocycles. The third-order valence-corrected chi connectivity index (χ3v) is 5.20. The monoisotopic (exact) mass is 288 g/mol. The Morgan fingerprint density at radius 1 is 1.14 bits per heavy atom. The van der Waals surface area contributed by atoms with Gasteiger partial charge in [0.25, 0.3) is 0 Å². The summed E-state index contributed by atoms with van der Waals surface area (Å²) in [4.78, 5) is 12.0. The minimum absolute atomic E-state index is 0.233. The Labute approximate surface area is 126 Å². The van der Waals surface area contributed by atoms with Crippen molar-refractivity contribution < 1.29 is 14.6 Å². The van der Waals surface area contributed by atoms with E-state index in [1.54, 1.807) is 0 Å². The molecule has 1 aliphatic carbocycles. The summed E-state index contributed by atoms with van der Waals surface area (Å²) in [5.74, 6) is 0.569. The van der Waals surface area contributed by atoms with Crippen LogP contribution in [0.15, 0.2) is 24.3 Å². The Balaban J connectivity index is 1.81. The molecule has 114 valence electrons. The lowest BCUT2D eigenvalue weighted by molar-refractivity contribution is -0.151. The standard InChI is InChI=1S/C18H24O3/c19-17(20)18(10-6-2-1-3-7-11-18)12-14-13-21-16-9-5-4-8-15(14)16/h4-5,8-9,14H,1-3,6-7,10-13H2,(H,19,20). The van der Waals surface area contributed by atoms with Crippen LogP contribution in [0.25, 0.3) is 0 Å². The van der Waals surface area contributed by atoms with Gasteiger partial charge < -0.3 is 9.84 Å². The highest BCUT2D eigenvalue weighted by molar-refractivity contribution is 5.74. The molecule has 1 aromatic carbocycles. The summed E-state index contributed by atoms with van der Waals surface area (Å²) in [6.07, 6.45) is 8.05. The summed E-state index contributed by atoms with van der Waals surface area (Å²) < 4.78 is 5.74. The Kier molecular flexibility index (Phi) is 4.18. The molecule has 1 N–H and O–H groups in total. The van der Waals surface area contributed by atoms with Crippen molar-refractivity contribution in [1.29, 1.82) is 0 Å². The van der Waals surface area contributed by atoms with E-state index >= 15 is 0 Å². The molecule has 1 aliphatic heterocycles. The highest BCUT2D eigenvalue weighted by atomic mass is 16.5. The van der Waals surface area contributed by atoms with Gasteiger partial charge in [-0.2, -0.15) is 0 Å². The zero-order valence-corrected chi connectivity index (χ0v) is 12.5. The average molecular weight is 288 g/mol. The maximum atomic E-state index is 12.0. The van der Waals surface area contributed by atoms with Gasteiger partial charge in [0.2, 0.25) is 0 Å². The van der Waals surface area contributed by atoms with Crippen LogP contribution in [0.4, 0.5) is 0 Å². The molecule has 1 unspecified atom stereocenters. The molecule has 0 bridgehead atoms. The van der Waals surface area contributed by atoms with Gasteiger partial charge in [0.05, 0.1) is 12.0 Å². The van der Waals surface area contributed by atoms with E-state index < -0.39 is 11.4 Å². The molecule has 3 heteroatoms. The Morgan fingerprint density at radius 2 is 1.81 bits per heavy atom. The lowest BCUT2D eigenvalue weighted by Crippen LogP contribution is -2.34. The Bertz CT molecular complexity index is 501. The molecule has 1 saturated carbocycles. The molecule has 1 fully saturated rings. The van der Waals surface area contributed by atoms with Crippen LogP contribution in [0, 0.1) is 5.41 Å². The van der Waals surface area contributed by atoms with Crippen molar-refractivity contribution in [1.82, 2.24) is 0 Å². The average Bonchev–Trinajstić information content (AvgIpc) is 2.85. The molecule has 1 aromatic rings. The van der Waals surface area contributed by atoms with Crippen molar-refractivity contribution in [3.05, 3.63) is 29.8 Å². The van der Waals surface area contributed by atoms with Crippen LogP contribution in [0.3, 0.4) is 0 Å². The number of hydrogen-bond acceptors (Lipinski definition) is 2. The van der Waals surface area contributed by atoms with E-state index in [1.165, 1.54) is 24.8 Å². The van der Waals surface area contributed by atoms with Gasteiger partial charge in [0, 0.05) is 11.5 Å². The summed E-state index contributed by atoms with van der Waals surface area (Å²) in [5.41, 5.74) is 0.645. The van der Waals surface area contributed by atoms with Crippen LogP contribution in [0.2, 0.25) is 0 Å². The highest BCUT2D eigenvalue weighted by Crippen LogP contribution is 2.46. The van der Waals surface area contributed by atoms with Gasteiger partial charge in [-0.25, -0.2) is 0 Å². The van der Waals surface area contributed by atoms with Gasteiger partial charge in [0.1, 0.15) is 5.75 Å². The smallest absolute Gasteiger partial charge is 0.309 e. The number of rotatable bonds is 3. The first-order chi connectivity index (χ1) is 10.2. The Hall–Kier alpha value is -1.51. The zero-order chi connectivity index (χ0) is 14.7. The second-order valence-electron chi connectivity index (χ2n) is 6.60. The van der Waals surface area contributed by atoms with Crippen molar-refractivity contribution >= 4 is 5.97 Å². The van der Waals surface area contributed by atoms with Crippen molar-refractivity contribution in [3.63, 3.8) is 0 Å². The fourth-order valence-electron chi connectivity index (χ4n) is 3.96. The molecule has 3 rings (SSSR count). The van der Waals surface area contributed by atoms with E-state index in [-0.39, 0.29) is 5.92 Å². The summed E-state index contributed by atoms with van der Waals surface area (Å²) >= 11 is 0. The van der Waals surface area contributed by atoms with Crippen LogP contribution in [0.1, 0.15) is 62.8 Å². The number of fused-ring (bicyclic) bond motifs is 1. The lowest BCUT2D eigenvalue weighted by Gasteiger charge is -2.33. The number of carboxylic acids is 1. The molecule has 0 aromatic heterocycles. The molecule has 21 heavy (non-hydrogen) atoms. The first-order valence-corrected chi connectivity index (χ1v) is 8.16. The third-order valence-electron chi connectivity index (χ3n) is 5.20. The fourth-order valence-corrected chi connectivity index (χ4v) is 3.96. The van der Waals surface area contributed by atoms with Crippen LogP contribution in [0.5, 0.6) is 5.75 Å². The van der Waals surface area contributed by atoms with E-state index in [2.05, 4.69) is 6.07 Å². The van der Waals surface area contributed by atoms with Crippen molar-refractivity contribution in [2.24, 2.45) is 5.41 Å². The van der Waals surface area contributed by atoms with Gasteiger partial charge >= 0.3 is 5.97 Å². The summed E-state index contributed by atoms with van der Waals surface area (Å²) in [7, 11) is 0. The van der Waals surface area contributed by atoms with E-state index in [0.717, 1.165) is 37.9 Å². The zero-order valence-electron chi connectivity index (χ0n) is 12.5. The number of aliphatic carboxylic acids is 1. The molecule has 2 aliphatic rings. The van der Waals surface area contributed by atoms with E-state index in [1.807, 2.05) is 18.2 Å². The molecule has 0 amide bonds. The number of carbonyl (C=O) groups is 1. The Morgan fingerprint density at radius 3 is 2.52 bits per heavy atom. The SMILES string of the molecule is O=C(O)C1(CC2COc3ccccc32)CCCCCCC1. The maximum absolute atomic E-state index is 12.0. The third kappa shape index (κ3) is 2.92. The molecule has 0 saturated heterocycles. The van der Waals surface area contributed by atoms with E-state index in [4.69, 9.17) is 4.74 Å². The van der Waals surface area contributed by atoms with Crippen molar-refractivity contribution in [2.75, 3.05) is 6.61 Å². The molecular weight excluding hydrogens is 264 g/mol. The summed E-state index contributed by atoms with van der Waals surface area (Å²) in [6.45, 7) is 0.633. The van der Waals surface area contributed by atoms with Crippen LogP contribution in [-0.2, 0) is 4.79 Å². The van der Waals surface area contributed by atoms with Crippen LogP contribution in [-0.4, -0.2) is 17.7 Å². The van der Waals surface area contributed by atoms with Gasteiger partial charge in [-0.1, -0.05) is 50.3 Å². The number of carboxylic acid groups (broad SMARTS) is 1. The predicted octanol–water partition coefficient (Wildman–Crippen LogP) is 4.37. The lowest BCUT2D eigenvalue weighted by atomic mass is 9.70. The fraction of sp³-hybridized carbons (Fsp3) is 0.611. The first-order valence-electron chi connectivity index (χ1n) is 8.16. The van der Waals surface area contributed by atoms with Crippen molar-refractivity contribution in [2.45, 2.75) is 57.3 Å². The quantitative estimate of drug-likeness (QED) is 0.898. The second-order valence-corrected chi connectivity index (χ2v) is 6.60. The number of ether oxygens (including phenoxy) is 1. The largest absolute Gasteiger partial charge is 0.493 e. The van der Waals surface area contributed by atoms with E-state index in [9.17, 15) is 9.90 Å². The normalized spacial score (nSPS) is 24.5. The minimum atomic E-state index is -0.603. The predicted molar refractivity (Wildman–Crippen MR) is 81.7 cm³/mol. The number of benzene rings is 1. The number of para-hydroxylation sites is 1. The number of hydrogen-bond donors (Lipinski definition) is 1. The van der Waals surface area contributed by atoms with Crippen LogP contribution >= 0.6 is 0 Å². The van der Waals surface area contributed by atoms with Gasteiger partial charge in [-0.3, -0.25) is 4.79 Å². The molecule has 3 nitrogen and oxygen atoms in total. The topological polar surface area (TPSA) is 46.5 Å². The molecule has 0 radical (unpaired) electrons. The molecular formula is C18H24O3. The van der Waals surface area contributed by atoms with Gasteiger partial charge in [-0.15, -0.1) is 0 Å². The van der Waals surface area contributed by atoms with Gasteiger partial charge in [-0.05, 0) is 25.3 Å². The highest BCUT2D eigenvalue weighted by Gasteiger charge is 2.42. The van der Waals surface area contributed by atoms with Crippen molar-refractivity contribution in [3.8, 4) is 5.75 Å².